The van der Waals surface area contributed by atoms with E-state index in [1.165, 1.54) is 64.2 Å². The van der Waals surface area contributed by atoms with Crippen molar-refractivity contribution in [3.05, 3.63) is 17.5 Å². The number of aromatic nitrogens is 3. The summed E-state index contributed by atoms with van der Waals surface area (Å²) >= 11 is 0. The molecule has 0 amide bonds. The van der Waals surface area contributed by atoms with E-state index in [0.717, 1.165) is 30.3 Å². The lowest BCUT2D eigenvalue weighted by atomic mass is 9.83. The highest BCUT2D eigenvalue weighted by atomic mass is 16.5. The normalized spacial score (nSPS) is 30.4. The zero-order valence-corrected chi connectivity index (χ0v) is 17.5. The standard InChI is InChI=1S/C23H37N3O2/c1-2-28-18-13-14-19(20(27)15-18)23-25-21(16-9-5-3-6-10-16)24-22(26-23)17-11-7-4-8-12-17/h16-20,27H,2-15H2,1H3. The van der Waals surface area contributed by atoms with Crippen molar-refractivity contribution in [3.8, 4) is 0 Å². The van der Waals surface area contributed by atoms with Crippen LogP contribution in [0.2, 0.25) is 0 Å². The third-order valence-corrected chi connectivity index (χ3v) is 7.13. The molecule has 5 nitrogen and oxygen atoms in total. The number of aliphatic hydroxyl groups is 1. The van der Waals surface area contributed by atoms with Crippen molar-refractivity contribution in [3.63, 3.8) is 0 Å². The number of hydrogen-bond acceptors (Lipinski definition) is 5. The maximum atomic E-state index is 10.8. The quantitative estimate of drug-likeness (QED) is 0.770. The van der Waals surface area contributed by atoms with Gasteiger partial charge >= 0.3 is 0 Å². The SMILES string of the molecule is CCOC1CCC(c2nc(C3CCCCC3)nc(C3CCCCC3)n2)C(O)C1. The molecule has 28 heavy (non-hydrogen) atoms. The average molecular weight is 388 g/mol. The van der Waals surface area contributed by atoms with E-state index in [1.807, 2.05) is 6.92 Å². The average Bonchev–Trinajstić information content (AvgIpc) is 2.75. The summed E-state index contributed by atoms with van der Waals surface area (Å²) in [5, 5.41) is 10.8. The highest BCUT2D eigenvalue weighted by Crippen LogP contribution is 2.37. The summed E-state index contributed by atoms with van der Waals surface area (Å²) in [6.07, 6.45) is 15.0. The van der Waals surface area contributed by atoms with Gasteiger partial charge in [-0.25, -0.2) is 15.0 Å². The summed E-state index contributed by atoms with van der Waals surface area (Å²) in [6.45, 7) is 2.74. The van der Waals surface area contributed by atoms with Crippen LogP contribution in [0.15, 0.2) is 0 Å². The van der Waals surface area contributed by atoms with Crippen molar-refractivity contribution in [1.29, 1.82) is 0 Å². The van der Waals surface area contributed by atoms with E-state index in [9.17, 15) is 5.11 Å². The molecule has 0 aromatic carbocycles. The van der Waals surface area contributed by atoms with Crippen LogP contribution < -0.4 is 0 Å². The smallest absolute Gasteiger partial charge is 0.138 e. The molecule has 0 radical (unpaired) electrons. The Balaban J connectivity index is 1.59. The van der Waals surface area contributed by atoms with E-state index in [-0.39, 0.29) is 12.0 Å². The molecule has 1 N–H and O–H groups in total. The van der Waals surface area contributed by atoms with Crippen LogP contribution >= 0.6 is 0 Å². The molecule has 1 aromatic heterocycles. The molecular formula is C23H37N3O2. The second-order valence-electron chi connectivity index (χ2n) is 9.14. The molecule has 5 heteroatoms. The number of nitrogens with zero attached hydrogens (tertiary/aromatic N) is 3. The fourth-order valence-corrected chi connectivity index (χ4v) is 5.48. The summed E-state index contributed by atoms with van der Waals surface area (Å²) in [4.78, 5) is 15.0. The minimum absolute atomic E-state index is 0.0318. The molecule has 0 saturated heterocycles. The van der Waals surface area contributed by atoms with Gasteiger partial charge in [0.25, 0.3) is 0 Å². The summed E-state index contributed by atoms with van der Waals surface area (Å²) < 4.78 is 5.76. The Kier molecular flexibility index (Phi) is 6.94. The van der Waals surface area contributed by atoms with Gasteiger partial charge in [0, 0.05) is 30.8 Å². The lowest BCUT2D eigenvalue weighted by Gasteiger charge is -2.33. The molecule has 0 aliphatic heterocycles. The Morgan fingerprint density at radius 2 is 1.29 bits per heavy atom. The predicted molar refractivity (Wildman–Crippen MR) is 109 cm³/mol. The lowest BCUT2D eigenvalue weighted by Crippen LogP contribution is -2.34. The summed E-state index contributed by atoms with van der Waals surface area (Å²) in [5.74, 6) is 3.89. The van der Waals surface area contributed by atoms with E-state index in [1.54, 1.807) is 0 Å². The van der Waals surface area contributed by atoms with Crippen molar-refractivity contribution < 1.29 is 9.84 Å². The minimum atomic E-state index is -0.411. The second-order valence-corrected chi connectivity index (χ2v) is 9.14. The van der Waals surface area contributed by atoms with Crippen LogP contribution in [0.5, 0.6) is 0 Å². The van der Waals surface area contributed by atoms with E-state index >= 15 is 0 Å². The minimum Gasteiger partial charge on any atom is -0.392 e. The van der Waals surface area contributed by atoms with Crippen LogP contribution in [0.1, 0.15) is 126 Å². The van der Waals surface area contributed by atoms with Crippen molar-refractivity contribution in [2.45, 2.75) is 120 Å². The maximum Gasteiger partial charge on any atom is 0.138 e. The number of rotatable bonds is 5. The fourth-order valence-electron chi connectivity index (χ4n) is 5.48. The first kappa shape index (κ1) is 20.2. The van der Waals surface area contributed by atoms with E-state index in [0.29, 0.717) is 24.9 Å². The first-order chi connectivity index (χ1) is 13.7. The fraction of sp³-hybridized carbons (Fsp3) is 0.870. The molecule has 3 aliphatic carbocycles. The van der Waals surface area contributed by atoms with Gasteiger partial charge in [-0.1, -0.05) is 38.5 Å². The van der Waals surface area contributed by atoms with Gasteiger partial charge in [-0.3, -0.25) is 0 Å². The molecule has 0 bridgehead atoms. The van der Waals surface area contributed by atoms with Crippen LogP contribution in [0.4, 0.5) is 0 Å². The number of ether oxygens (including phenoxy) is 1. The molecule has 1 heterocycles. The molecule has 3 fully saturated rings. The zero-order valence-electron chi connectivity index (χ0n) is 17.5. The maximum absolute atomic E-state index is 10.8. The van der Waals surface area contributed by atoms with Crippen molar-refractivity contribution >= 4 is 0 Å². The Hall–Kier alpha value is -1.07. The molecule has 4 rings (SSSR count). The van der Waals surface area contributed by atoms with Gasteiger partial charge in [0.15, 0.2) is 0 Å². The topological polar surface area (TPSA) is 68.1 Å². The zero-order chi connectivity index (χ0) is 19.3. The highest BCUT2D eigenvalue weighted by molar-refractivity contribution is 5.12. The first-order valence-corrected chi connectivity index (χ1v) is 11.8. The van der Waals surface area contributed by atoms with Crippen molar-refractivity contribution in [2.24, 2.45) is 0 Å². The predicted octanol–water partition coefficient (Wildman–Crippen LogP) is 5.00. The van der Waals surface area contributed by atoms with Gasteiger partial charge in [-0.2, -0.15) is 0 Å². The third-order valence-electron chi connectivity index (χ3n) is 7.13. The van der Waals surface area contributed by atoms with Crippen molar-refractivity contribution in [1.82, 2.24) is 15.0 Å². The van der Waals surface area contributed by atoms with Crippen LogP contribution in [-0.4, -0.2) is 38.9 Å². The van der Waals surface area contributed by atoms with Gasteiger partial charge in [-0.05, 0) is 45.4 Å². The van der Waals surface area contributed by atoms with Gasteiger partial charge in [0.05, 0.1) is 12.2 Å². The lowest BCUT2D eigenvalue weighted by molar-refractivity contribution is -0.0202. The Bertz CT molecular complexity index is 590. The summed E-state index contributed by atoms with van der Waals surface area (Å²) in [5.41, 5.74) is 0. The molecule has 1 aromatic rings. The monoisotopic (exact) mass is 387 g/mol. The number of hydrogen-bond donors (Lipinski definition) is 1. The van der Waals surface area contributed by atoms with Gasteiger partial charge < -0.3 is 9.84 Å². The Morgan fingerprint density at radius 1 is 0.750 bits per heavy atom. The first-order valence-electron chi connectivity index (χ1n) is 11.8. The molecular weight excluding hydrogens is 350 g/mol. The Labute approximate surface area is 169 Å². The molecule has 3 saturated carbocycles. The van der Waals surface area contributed by atoms with E-state index in [2.05, 4.69) is 0 Å². The second kappa shape index (κ2) is 9.62. The van der Waals surface area contributed by atoms with Crippen LogP contribution in [-0.2, 0) is 4.74 Å². The third kappa shape index (κ3) is 4.73. The van der Waals surface area contributed by atoms with Crippen LogP contribution in [0.3, 0.4) is 0 Å². The van der Waals surface area contributed by atoms with Gasteiger partial charge in [-0.15, -0.1) is 0 Å². The highest BCUT2D eigenvalue weighted by Gasteiger charge is 2.34. The summed E-state index contributed by atoms with van der Waals surface area (Å²) in [6, 6.07) is 0. The molecule has 3 unspecified atom stereocenters. The largest absolute Gasteiger partial charge is 0.392 e. The molecule has 3 atom stereocenters. The van der Waals surface area contributed by atoms with Crippen molar-refractivity contribution in [2.75, 3.05) is 6.61 Å². The van der Waals surface area contributed by atoms with E-state index in [4.69, 9.17) is 19.7 Å². The van der Waals surface area contributed by atoms with Gasteiger partial charge in [0.2, 0.25) is 0 Å². The molecule has 156 valence electrons. The summed E-state index contributed by atoms with van der Waals surface area (Å²) in [7, 11) is 0. The van der Waals surface area contributed by atoms with Gasteiger partial charge in [0.1, 0.15) is 17.5 Å². The molecule has 0 spiro atoms. The van der Waals surface area contributed by atoms with Crippen LogP contribution in [0.25, 0.3) is 0 Å². The van der Waals surface area contributed by atoms with Crippen LogP contribution in [0, 0.1) is 0 Å². The van der Waals surface area contributed by atoms with E-state index < -0.39 is 6.10 Å². The Morgan fingerprint density at radius 3 is 1.79 bits per heavy atom. The number of aliphatic hydroxyl groups excluding tert-OH is 1. The molecule has 3 aliphatic rings.